The van der Waals surface area contributed by atoms with Crippen LogP contribution in [0, 0.1) is 13.8 Å². The zero-order valence-corrected chi connectivity index (χ0v) is 14.4. The van der Waals surface area contributed by atoms with E-state index in [0.717, 1.165) is 21.6 Å². The Hall–Kier alpha value is -0.350. The number of rotatable bonds is 4. The van der Waals surface area contributed by atoms with Gasteiger partial charge in [0.1, 0.15) is 0 Å². The van der Waals surface area contributed by atoms with Crippen molar-refractivity contribution in [2.75, 3.05) is 0 Å². The van der Waals surface area contributed by atoms with Crippen LogP contribution in [-0.4, -0.2) is 0 Å². The second-order valence-electron chi connectivity index (χ2n) is 4.72. The summed E-state index contributed by atoms with van der Waals surface area (Å²) in [5, 5.41) is 4.33. The van der Waals surface area contributed by atoms with Crippen LogP contribution in [-0.2, 0) is 6.54 Å². The number of benzene rings is 1. The number of aryl methyl sites for hydroxylation is 2. The molecule has 19 heavy (non-hydrogen) atoms. The molecule has 2 aromatic rings. The Morgan fingerprint density at radius 3 is 2.63 bits per heavy atom. The Bertz CT molecular complexity index is 560. The monoisotopic (exact) mass is 357 g/mol. The lowest BCUT2D eigenvalue weighted by molar-refractivity contribution is 0.579. The highest BCUT2D eigenvalue weighted by Crippen LogP contribution is 2.27. The maximum atomic E-state index is 6.27. The van der Waals surface area contributed by atoms with Gasteiger partial charge < -0.3 is 5.32 Å². The van der Waals surface area contributed by atoms with Crippen molar-refractivity contribution in [3.8, 4) is 0 Å². The lowest BCUT2D eigenvalue weighted by Crippen LogP contribution is -2.17. The fraction of sp³-hybridized carbons (Fsp3) is 0.333. The second-order valence-corrected chi connectivity index (χ2v) is 7.38. The standard InChI is InChI=1S/C15H17BrClNS/c1-9-6-13(19-11(9)3)8-18-10(2)14-5-4-12(16)7-15(14)17/h4-7,10,18H,8H2,1-3H3. The van der Waals surface area contributed by atoms with E-state index < -0.39 is 0 Å². The Morgan fingerprint density at radius 2 is 2.05 bits per heavy atom. The minimum absolute atomic E-state index is 0.239. The Morgan fingerprint density at radius 1 is 1.32 bits per heavy atom. The fourth-order valence-corrected chi connectivity index (χ4v) is 3.79. The topological polar surface area (TPSA) is 12.0 Å². The first-order valence-corrected chi connectivity index (χ1v) is 8.20. The van der Waals surface area contributed by atoms with Gasteiger partial charge in [-0.1, -0.05) is 33.6 Å². The number of hydrogen-bond donors (Lipinski definition) is 1. The van der Waals surface area contributed by atoms with Crippen LogP contribution in [0.5, 0.6) is 0 Å². The third-order valence-corrected chi connectivity index (χ3v) is 5.20. The normalized spacial score (nSPS) is 12.7. The minimum atomic E-state index is 0.239. The summed E-state index contributed by atoms with van der Waals surface area (Å²) in [5.74, 6) is 0. The largest absolute Gasteiger partial charge is 0.305 e. The maximum Gasteiger partial charge on any atom is 0.0464 e. The van der Waals surface area contributed by atoms with Gasteiger partial charge in [-0.25, -0.2) is 0 Å². The number of nitrogens with one attached hydrogen (secondary N) is 1. The van der Waals surface area contributed by atoms with Gasteiger partial charge in [0.15, 0.2) is 0 Å². The average molecular weight is 359 g/mol. The maximum absolute atomic E-state index is 6.27. The van der Waals surface area contributed by atoms with Crippen LogP contribution < -0.4 is 5.32 Å². The first-order valence-electron chi connectivity index (χ1n) is 6.21. The van der Waals surface area contributed by atoms with E-state index in [2.05, 4.69) is 54.2 Å². The molecule has 0 aliphatic carbocycles. The molecule has 0 amide bonds. The van der Waals surface area contributed by atoms with E-state index >= 15 is 0 Å². The van der Waals surface area contributed by atoms with Gasteiger partial charge in [0, 0.05) is 31.8 Å². The summed E-state index contributed by atoms with van der Waals surface area (Å²) >= 11 is 11.6. The van der Waals surface area contributed by atoms with E-state index in [9.17, 15) is 0 Å². The molecule has 1 N–H and O–H groups in total. The quantitative estimate of drug-likeness (QED) is 0.746. The molecular formula is C15H17BrClNS. The van der Waals surface area contributed by atoms with Crippen molar-refractivity contribution >= 4 is 38.9 Å². The third-order valence-electron chi connectivity index (χ3n) is 3.23. The molecule has 1 atom stereocenters. The van der Waals surface area contributed by atoms with Gasteiger partial charge in [0.25, 0.3) is 0 Å². The molecule has 0 saturated carbocycles. The number of thiophene rings is 1. The Kier molecular flexibility index (Phi) is 5.07. The molecular weight excluding hydrogens is 342 g/mol. The van der Waals surface area contributed by atoms with Gasteiger partial charge in [-0.05, 0) is 50.1 Å². The average Bonchev–Trinajstić information content (AvgIpc) is 2.66. The van der Waals surface area contributed by atoms with Crippen LogP contribution in [0.25, 0.3) is 0 Å². The van der Waals surface area contributed by atoms with E-state index in [4.69, 9.17) is 11.6 Å². The summed E-state index contributed by atoms with van der Waals surface area (Å²) in [6, 6.07) is 8.52. The second kappa shape index (κ2) is 6.40. The molecule has 1 aromatic heterocycles. The van der Waals surface area contributed by atoms with Crippen LogP contribution in [0.2, 0.25) is 5.02 Å². The molecule has 1 heterocycles. The summed E-state index contributed by atoms with van der Waals surface area (Å²) in [4.78, 5) is 2.77. The lowest BCUT2D eigenvalue weighted by Gasteiger charge is -2.15. The zero-order valence-electron chi connectivity index (χ0n) is 11.3. The Balaban J connectivity index is 2.03. The van der Waals surface area contributed by atoms with Gasteiger partial charge in [0.2, 0.25) is 0 Å². The van der Waals surface area contributed by atoms with E-state index in [1.807, 2.05) is 23.5 Å². The first-order chi connectivity index (χ1) is 8.97. The molecule has 0 aliphatic rings. The van der Waals surface area contributed by atoms with Crippen molar-refractivity contribution in [3.05, 3.63) is 54.6 Å². The molecule has 2 rings (SSSR count). The molecule has 0 bridgehead atoms. The molecule has 102 valence electrons. The van der Waals surface area contributed by atoms with Crippen LogP contribution in [0.1, 0.15) is 33.8 Å². The molecule has 0 spiro atoms. The van der Waals surface area contributed by atoms with Crippen LogP contribution in [0.3, 0.4) is 0 Å². The molecule has 1 aromatic carbocycles. The predicted molar refractivity (Wildman–Crippen MR) is 88.2 cm³/mol. The summed E-state index contributed by atoms with van der Waals surface area (Å²) in [6.07, 6.45) is 0. The SMILES string of the molecule is Cc1cc(CNC(C)c2ccc(Br)cc2Cl)sc1C. The number of hydrogen-bond acceptors (Lipinski definition) is 2. The van der Waals surface area contributed by atoms with Gasteiger partial charge in [-0.15, -0.1) is 11.3 Å². The van der Waals surface area contributed by atoms with Crippen molar-refractivity contribution in [1.29, 1.82) is 0 Å². The minimum Gasteiger partial charge on any atom is -0.305 e. The molecule has 1 unspecified atom stereocenters. The Labute approximate surface area is 132 Å². The molecule has 0 radical (unpaired) electrons. The van der Waals surface area contributed by atoms with Gasteiger partial charge in [-0.3, -0.25) is 0 Å². The van der Waals surface area contributed by atoms with Gasteiger partial charge in [-0.2, -0.15) is 0 Å². The highest BCUT2D eigenvalue weighted by molar-refractivity contribution is 9.10. The van der Waals surface area contributed by atoms with Crippen molar-refractivity contribution in [1.82, 2.24) is 5.32 Å². The zero-order chi connectivity index (χ0) is 14.0. The summed E-state index contributed by atoms with van der Waals surface area (Å²) < 4.78 is 1.01. The van der Waals surface area contributed by atoms with Crippen molar-refractivity contribution in [2.45, 2.75) is 33.4 Å². The van der Waals surface area contributed by atoms with Gasteiger partial charge >= 0.3 is 0 Å². The van der Waals surface area contributed by atoms with E-state index in [1.54, 1.807) is 0 Å². The van der Waals surface area contributed by atoms with Gasteiger partial charge in [0.05, 0.1) is 0 Å². The van der Waals surface area contributed by atoms with Crippen LogP contribution in [0.4, 0.5) is 0 Å². The highest BCUT2D eigenvalue weighted by atomic mass is 79.9. The lowest BCUT2D eigenvalue weighted by atomic mass is 10.1. The van der Waals surface area contributed by atoms with Crippen LogP contribution in [0.15, 0.2) is 28.7 Å². The fourth-order valence-electron chi connectivity index (χ4n) is 1.95. The van der Waals surface area contributed by atoms with Crippen LogP contribution >= 0.6 is 38.9 Å². The predicted octanol–water partition coefficient (Wildman–Crippen LogP) is 5.63. The molecule has 0 aliphatic heterocycles. The molecule has 1 nitrogen and oxygen atoms in total. The van der Waals surface area contributed by atoms with Crippen molar-refractivity contribution < 1.29 is 0 Å². The van der Waals surface area contributed by atoms with E-state index in [0.29, 0.717) is 0 Å². The van der Waals surface area contributed by atoms with Crippen molar-refractivity contribution in [2.24, 2.45) is 0 Å². The summed E-state index contributed by atoms with van der Waals surface area (Å²) in [7, 11) is 0. The molecule has 4 heteroatoms. The van der Waals surface area contributed by atoms with E-state index in [-0.39, 0.29) is 6.04 Å². The smallest absolute Gasteiger partial charge is 0.0464 e. The number of halogens is 2. The molecule has 0 saturated heterocycles. The molecule has 0 fully saturated rings. The van der Waals surface area contributed by atoms with Crippen molar-refractivity contribution in [3.63, 3.8) is 0 Å². The summed E-state index contributed by atoms with van der Waals surface area (Å²) in [6.45, 7) is 7.35. The third kappa shape index (κ3) is 3.82. The highest BCUT2D eigenvalue weighted by Gasteiger charge is 2.10. The summed E-state index contributed by atoms with van der Waals surface area (Å²) in [5.41, 5.74) is 2.51. The van der Waals surface area contributed by atoms with E-state index in [1.165, 1.54) is 15.3 Å². The first kappa shape index (κ1) is 15.0.